The highest BCUT2D eigenvalue weighted by molar-refractivity contribution is 5.94. The first kappa shape index (κ1) is 14.8. The lowest BCUT2D eigenvalue weighted by molar-refractivity contribution is -0.140. The molecule has 0 bridgehead atoms. The molecule has 1 aromatic heterocycles. The normalized spacial score (nSPS) is 11.3. The summed E-state index contributed by atoms with van der Waals surface area (Å²) in [4.78, 5) is 14.2. The van der Waals surface area contributed by atoms with Crippen LogP contribution in [-0.4, -0.2) is 18.1 Å². The van der Waals surface area contributed by atoms with Gasteiger partial charge in [0.25, 0.3) is 6.43 Å². The summed E-state index contributed by atoms with van der Waals surface area (Å²) in [6.07, 6.45) is -8.34. The van der Waals surface area contributed by atoms with Gasteiger partial charge in [-0.05, 0) is 0 Å². The number of aromatic nitrogens is 1. The number of carbonyl (C=O) groups excluding carboxylic acids is 1. The van der Waals surface area contributed by atoms with Crippen LogP contribution in [0.4, 0.5) is 22.0 Å². The monoisotopic (exact) mass is 280 g/mol. The molecule has 0 aliphatic heterocycles. The summed E-state index contributed by atoms with van der Waals surface area (Å²) in [5.74, 6) is -1.53. The van der Waals surface area contributed by atoms with Crippen molar-refractivity contribution in [3.8, 4) is 6.07 Å². The first-order valence-corrected chi connectivity index (χ1v) is 4.60. The fourth-order valence-electron chi connectivity index (χ4n) is 1.38. The standard InChI is InChI=1S/C10H5F5N2O2/c1-19-9(18)5-4(2-16)3-17-7(8(11)12)6(5)10(13,14)15/h3,8H,1H3. The molecule has 4 nitrogen and oxygen atoms in total. The Kier molecular flexibility index (Phi) is 4.04. The second kappa shape index (κ2) is 5.17. The summed E-state index contributed by atoms with van der Waals surface area (Å²) in [6.45, 7) is 0. The van der Waals surface area contributed by atoms with Gasteiger partial charge < -0.3 is 4.74 Å². The Morgan fingerprint density at radius 2 is 2.05 bits per heavy atom. The van der Waals surface area contributed by atoms with Crippen LogP contribution in [0.2, 0.25) is 0 Å². The van der Waals surface area contributed by atoms with E-state index in [1.54, 1.807) is 0 Å². The molecule has 0 atom stereocenters. The van der Waals surface area contributed by atoms with Crippen LogP contribution in [0.5, 0.6) is 0 Å². The lowest BCUT2D eigenvalue weighted by Crippen LogP contribution is -2.20. The highest BCUT2D eigenvalue weighted by Crippen LogP contribution is 2.38. The number of carbonyl (C=O) groups is 1. The lowest BCUT2D eigenvalue weighted by Gasteiger charge is -2.15. The predicted molar refractivity (Wildman–Crippen MR) is 50.3 cm³/mol. The second-order valence-corrected chi connectivity index (χ2v) is 3.21. The number of pyridine rings is 1. The number of rotatable bonds is 2. The molecular weight excluding hydrogens is 275 g/mol. The van der Waals surface area contributed by atoms with Crippen LogP contribution in [0.15, 0.2) is 6.20 Å². The van der Waals surface area contributed by atoms with Crippen LogP contribution >= 0.6 is 0 Å². The molecule has 0 unspecified atom stereocenters. The Bertz CT molecular complexity index is 548. The van der Waals surface area contributed by atoms with Crippen molar-refractivity contribution < 1.29 is 31.5 Å². The third-order valence-corrected chi connectivity index (χ3v) is 2.11. The lowest BCUT2D eigenvalue weighted by atomic mass is 10.0. The molecule has 0 aliphatic rings. The highest BCUT2D eigenvalue weighted by Gasteiger charge is 2.42. The summed E-state index contributed by atoms with van der Waals surface area (Å²) in [5, 5.41) is 8.63. The van der Waals surface area contributed by atoms with E-state index in [9.17, 15) is 26.7 Å². The molecule has 0 N–H and O–H groups in total. The highest BCUT2D eigenvalue weighted by atomic mass is 19.4. The number of esters is 1. The Morgan fingerprint density at radius 3 is 2.42 bits per heavy atom. The molecule has 0 spiro atoms. The zero-order valence-electron chi connectivity index (χ0n) is 9.26. The third kappa shape index (κ3) is 2.78. The van der Waals surface area contributed by atoms with Gasteiger partial charge in [0.15, 0.2) is 0 Å². The molecule has 0 aliphatic carbocycles. The van der Waals surface area contributed by atoms with E-state index >= 15 is 0 Å². The van der Waals surface area contributed by atoms with Crippen LogP contribution in [0.25, 0.3) is 0 Å². The van der Waals surface area contributed by atoms with Crippen molar-refractivity contribution in [2.45, 2.75) is 12.6 Å². The van der Waals surface area contributed by atoms with Crippen molar-refractivity contribution in [3.05, 3.63) is 28.6 Å². The quantitative estimate of drug-likeness (QED) is 0.617. The maximum absolute atomic E-state index is 12.8. The first-order valence-electron chi connectivity index (χ1n) is 4.60. The smallest absolute Gasteiger partial charge is 0.419 e. The summed E-state index contributed by atoms with van der Waals surface area (Å²) in [6, 6.07) is 1.28. The average molecular weight is 280 g/mol. The van der Waals surface area contributed by atoms with Crippen molar-refractivity contribution in [1.29, 1.82) is 5.26 Å². The van der Waals surface area contributed by atoms with Crippen LogP contribution in [0, 0.1) is 11.3 Å². The summed E-state index contributed by atoms with van der Waals surface area (Å²) in [5.41, 5.74) is -5.62. The van der Waals surface area contributed by atoms with Crippen molar-refractivity contribution >= 4 is 5.97 Å². The topological polar surface area (TPSA) is 63.0 Å². The molecule has 9 heteroatoms. The van der Waals surface area contributed by atoms with Gasteiger partial charge in [-0.2, -0.15) is 18.4 Å². The molecule has 102 valence electrons. The van der Waals surface area contributed by atoms with E-state index in [1.807, 2.05) is 0 Å². The number of hydrogen-bond acceptors (Lipinski definition) is 4. The molecule has 0 amide bonds. The van der Waals surface area contributed by atoms with Crippen LogP contribution < -0.4 is 0 Å². The SMILES string of the molecule is COC(=O)c1c(C#N)cnc(C(F)F)c1C(F)(F)F. The summed E-state index contributed by atoms with van der Waals surface area (Å²) < 4.78 is 67.5. The van der Waals surface area contributed by atoms with Gasteiger partial charge in [0.1, 0.15) is 11.8 Å². The number of ether oxygens (including phenoxy) is 1. The van der Waals surface area contributed by atoms with Gasteiger partial charge in [0.2, 0.25) is 0 Å². The Morgan fingerprint density at radius 1 is 1.47 bits per heavy atom. The minimum absolute atomic E-state index is 0.475. The molecule has 0 fully saturated rings. The average Bonchev–Trinajstić information content (AvgIpc) is 2.34. The molecule has 0 aromatic carbocycles. The van der Waals surface area contributed by atoms with Crippen LogP contribution in [0.1, 0.15) is 33.6 Å². The Labute approximate surface area is 103 Å². The Hall–Kier alpha value is -2.24. The van der Waals surface area contributed by atoms with Gasteiger partial charge >= 0.3 is 12.1 Å². The second-order valence-electron chi connectivity index (χ2n) is 3.21. The number of nitriles is 1. The molecule has 0 saturated heterocycles. The minimum atomic E-state index is -5.27. The summed E-state index contributed by atoms with van der Waals surface area (Å²) >= 11 is 0. The van der Waals surface area contributed by atoms with E-state index in [4.69, 9.17) is 5.26 Å². The summed E-state index contributed by atoms with van der Waals surface area (Å²) in [7, 11) is 0.770. The van der Waals surface area contributed by atoms with E-state index < -0.39 is 41.0 Å². The van der Waals surface area contributed by atoms with Gasteiger partial charge in [0, 0.05) is 6.20 Å². The zero-order chi connectivity index (χ0) is 14.8. The number of hydrogen-bond donors (Lipinski definition) is 0. The van der Waals surface area contributed by atoms with Gasteiger partial charge in [-0.25, -0.2) is 13.6 Å². The van der Waals surface area contributed by atoms with E-state index in [2.05, 4.69) is 9.72 Å². The zero-order valence-corrected chi connectivity index (χ0v) is 9.26. The van der Waals surface area contributed by atoms with Crippen molar-refractivity contribution in [1.82, 2.24) is 4.98 Å². The fraction of sp³-hybridized carbons (Fsp3) is 0.300. The van der Waals surface area contributed by atoms with Gasteiger partial charge in [0.05, 0.1) is 23.8 Å². The van der Waals surface area contributed by atoms with E-state index in [1.165, 1.54) is 6.07 Å². The number of alkyl halides is 5. The molecule has 19 heavy (non-hydrogen) atoms. The number of methoxy groups -OCH3 is 1. The molecular formula is C10H5F5N2O2. The molecule has 1 heterocycles. The third-order valence-electron chi connectivity index (χ3n) is 2.11. The minimum Gasteiger partial charge on any atom is -0.465 e. The number of nitrogens with zero attached hydrogens (tertiary/aromatic N) is 2. The van der Waals surface area contributed by atoms with Gasteiger partial charge in [-0.1, -0.05) is 0 Å². The predicted octanol–water partition coefficient (Wildman–Crippen LogP) is 2.70. The van der Waals surface area contributed by atoms with Gasteiger partial charge in [-0.3, -0.25) is 4.98 Å². The maximum atomic E-state index is 12.8. The van der Waals surface area contributed by atoms with Crippen LogP contribution in [0.3, 0.4) is 0 Å². The van der Waals surface area contributed by atoms with Crippen molar-refractivity contribution in [2.75, 3.05) is 7.11 Å². The molecule has 0 radical (unpaired) electrons. The van der Waals surface area contributed by atoms with E-state index in [0.29, 0.717) is 6.20 Å². The maximum Gasteiger partial charge on any atom is 0.419 e. The van der Waals surface area contributed by atoms with Crippen molar-refractivity contribution in [3.63, 3.8) is 0 Å². The number of halogens is 5. The van der Waals surface area contributed by atoms with E-state index in [0.717, 1.165) is 7.11 Å². The molecule has 1 rings (SSSR count). The fourth-order valence-corrected chi connectivity index (χ4v) is 1.38. The molecule has 1 aromatic rings. The van der Waals surface area contributed by atoms with E-state index in [-0.39, 0.29) is 0 Å². The Balaban J connectivity index is 3.78. The molecule has 0 saturated carbocycles. The van der Waals surface area contributed by atoms with Crippen LogP contribution in [-0.2, 0) is 10.9 Å². The van der Waals surface area contributed by atoms with Crippen molar-refractivity contribution in [2.24, 2.45) is 0 Å². The van der Waals surface area contributed by atoms with Gasteiger partial charge in [-0.15, -0.1) is 0 Å². The first-order chi connectivity index (χ1) is 8.73. The largest absolute Gasteiger partial charge is 0.465 e.